The molecule has 1 aromatic carbocycles. The lowest BCUT2D eigenvalue weighted by atomic mass is 9.89. The second-order valence-electron chi connectivity index (χ2n) is 5.17. The molecule has 1 unspecified atom stereocenters. The Bertz CT molecular complexity index is 482. The molecule has 3 nitrogen and oxygen atoms in total. The molecule has 3 rings (SSSR count). The van der Waals surface area contributed by atoms with E-state index in [1.165, 1.54) is 4.90 Å². The van der Waals surface area contributed by atoms with Crippen LogP contribution >= 0.6 is 11.8 Å². The number of thioether (sulfide) groups is 1. The standard InChI is InChI=1S/C14H17NO2S/c1-2-14(17)8-15(9-14)13(16)11-7-18-12-6-4-3-5-10(11)12/h3-6,11,17H,2,7-9H2,1H3. The van der Waals surface area contributed by atoms with Gasteiger partial charge in [0.15, 0.2) is 0 Å². The molecule has 1 atom stereocenters. The van der Waals surface area contributed by atoms with Crippen molar-refractivity contribution in [3.63, 3.8) is 0 Å². The molecule has 0 bridgehead atoms. The predicted octanol–water partition coefficient (Wildman–Crippen LogP) is 1.86. The highest BCUT2D eigenvalue weighted by molar-refractivity contribution is 7.99. The van der Waals surface area contributed by atoms with Crippen molar-refractivity contribution in [2.75, 3.05) is 18.8 Å². The van der Waals surface area contributed by atoms with Crippen LogP contribution in [0.25, 0.3) is 0 Å². The highest BCUT2D eigenvalue weighted by atomic mass is 32.2. The summed E-state index contributed by atoms with van der Waals surface area (Å²) in [5.74, 6) is 0.984. The molecule has 2 aliphatic heterocycles. The Balaban J connectivity index is 1.73. The van der Waals surface area contributed by atoms with Gasteiger partial charge in [0.05, 0.1) is 24.6 Å². The van der Waals surface area contributed by atoms with Gasteiger partial charge in [-0.1, -0.05) is 25.1 Å². The first-order valence-corrected chi connectivity index (χ1v) is 7.34. The van der Waals surface area contributed by atoms with Crippen molar-refractivity contribution in [2.45, 2.75) is 29.8 Å². The Hall–Kier alpha value is -1.00. The molecule has 1 fully saturated rings. The van der Waals surface area contributed by atoms with E-state index >= 15 is 0 Å². The van der Waals surface area contributed by atoms with Gasteiger partial charge in [0.25, 0.3) is 0 Å². The van der Waals surface area contributed by atoms with Crippen molar-refractivity contribution in [1.82, 2.24) is 4.90 Å². The number of benzene rings is 1. The minimum absolute atomic E-state index is 0.0207. The molecule has 4 heteroatoms. The predicted molar refractivity (Wildman–Crippen MR) is 71.7 cm³/mol. The average Bonchev–Trinajstić information content (AvgIpc) is 2.78. The summed E-state index contributed by atoms with van der Waals surface area (Å²) in [5.41, 5.74) is 0.514. The van der Waals surface area contributed by atoms with E-state index in [1.807, 2.05) is 25.1 Å². The van der Waals surface area contributed by atoms with Crippen LogP contribution in [-0.4, -0.2) is 40.4 Å². The molecule has 18 heavy (non-hydrogen) atoms. The Morgan fingerprint density at radius 1 is 1.50 bits per heavy atom. The normalized spacial score (nSPS) is 24.6. The van der Waals surface area contributed by atoms with Crippen LogP contribution in [0.5, 0.6) is 0 Å². The van der Waals surface area contributed by atoms with Gasteiger partial charge >= 0.3 is 0 Å². The fourth-order valence-electron chi connectivity index (χ4n) is 2.63. The molecule has 1 aromatic rings. The summed E-state index contributed by atoms with van der Waals surface area (Å²) in [6.07, 6.45) is 0.715. The lowest BCUT2D eigenvalue weighted by Gasteiger charge is -2.47. The van der Waals surface area contributed by atoms with Crippen LogP contribution in [0.15, 0.2) is 29.2 Å². The number of nitrogens with zero attached hydrogens (tertiary/aromatic N) is 1. The molecule has 0 aliphatic carbocycles. The number of rotatable bonds is 2. The molecule has 96 valence electrons. The van der Waals surface area contributed by atoms with Gasteiger partial charge in [-0.05, 0) is 18.1 Å². The van der Waals surface area contributed by atoms with E-state index in [4.69, 9.17) is 0 Å². The van der Waals surface area contributed by atoms with Crippen molar-refractivity contribution in [3.05, 3.63) is 29.8 Å². The SMILES string of the molecule is CCC1(O)CN(C(=O)C2CSc3ccccc32)C1. The van der Waals surface area contributed by atoms with E-state index in [2.05, 4.69) is 6.07 Å². The first kappa shape index (κ1) is 12.1. The molecule has 0 radical (unpaired) electrons. The third-order valence-corrected chi connectivity index (χ3v) is 5.12. The van der Waals surface area contributed by atoms with E-state index in [9.17, 15) is 9.90 Å². The highest BCUT2D eigenvalue weighted by Gasteiger charge is 2.45. The molecule has 1 saturated heterocycles. The Labute approximate surface area is 111 Å². The number of likely N-dealkylation sites (tertiary alicyclic amines) is 1. The lowest BCUT2D eigenvalue weighted by molar-refractivity contribution is -0.156. The van der Waals surface area contributed by atoms with Crippen LogP contribution in [0.2, 0.25) is 0 Å². The topological polar surface area (TPSA) is 40.5 Å². The fraction of sp³-hybridized carbons (Fsp3) is 0.500. The van der Waals surface area contributed by atoms with Crippen LogP contribution in [-0.2, 0) is 4.79 Å². The minimum atomic E-state index is -0.638. The lowest BCUT2D eigenvalue weighted by Crippen LogP contribution is -2.63. The van der Waals surface area contributed by atoms with Gasteiger partial charge in [-0.2, -0.15) is 0 Å². The summed E-state index contributed by atoms with van der Waals surface area (Å²) in [6.45, 7) is 2.94. The van der Waals surface area contributed by atoms with Crippen LogP contribution in [0.1, 0.15) is 24.8 Å². The van der Waals surface area contributed by atoms with E-state index in [1.54, 1.807) is 16.7 Å². The van der Waals surface area contributed by atoms with Gasteiger partial charge in [0.2, 0.25) is 5.91 Å². The number of β-amino-alcohol motifs (C(OH)–C–C–N with tert-alkyl or cyclic N) is 1. The van der Waals surface area contributed by atoms with Gasteiger partial charge < -0.3 is 10.0 Å². The highest BCUT2D eigenvalue weighted by Crippen LogP contribution is 2.41. The summed E-state index contributed by atoms with van der Waals surface area (Å²) < 4.78 is 0. The average molecular weight is 263 g/mol. The zero-order valence-electron chi connectivity index (χ0n) is 10.4. The Morgan fingerprint density at radius 3 is 2.94 bits per heavy atom. The van der Waals surface area contributed by atoms with Gasteiger partial charge in [0.1, 0.15) is 0 Å². The number of fused-ring (bicyclic) bond motifs is 1. The van der Waals surface area contributed by atoms with Gasteiger partial charge in [0, 0.05) is 10.6 Å². The summed E-state index contributed by atoms with van der Waals surface area (Å²) >= 11 is 1.75. The van der Waals surface area contributed by atoms with Crippen molar-refractivity contribution < 1.29 is 9.90 Å². The fourth-order valence-corrected chi connectivity index (χ4v) is 3.85. The number of amides is 1. The number of hydrogen-bond donors (Lipinski definition) is 1. The summed E-state index contributed by atoms with van der Waals surface area (Å²) in [6, 6.07) is 8.12. The molecule has 0 aromatic heterocycles. The Morgan fingerprint density at radius 2 is 2.22 bits per heavy atom. The van der Waals surface area contributed by atoms with Crippen molar-refractivity contribution in [1.29, 1.82) is 0 Å². The maximum absolute atomic E-state index is 12.4. The van der Waals surface area contributed by atoms with Gasteiger partial charge in [-0.3, -0.25) is 4.79 Å². The zero-order valence-corrected chi connectivity index (χ0v) is 11.2. The van der Waals surface area contributed by atoms with E-state index < -0.39 is 5.60 Å². The number of aliphatic hydroxyl groups is 1. The monoisotopic (exact) mass is 263 g/mol. The zero-order chi connectivity index (χ0) is 12.8. The Kier molecular flexibility index (Phi) is 2.87. The molecular weight excluding hydrogens is 246 g/mol. The van der Waals surface area contributed by atoms with Gasteiger partial charge in [-0.25, -0.2) is 0 Å². The van der Waals surface area contributed by atoms with E-state index in [-0.39, 0.29) is 11.8 Å². The maximum Gasteiger partial charge on any atom is 0.231 e. The van der Waals surface area contributed by atoms with Crippen molar-refractivity contribution >= 4 is 17.7 Å². The number of carbonyl (C=O) groups excluding carboxylic acids is 1. The molecule has 1 N–H and O–H groups in total. The van der Waals surface area contributed by atoms with E-state index in [0.29, 0.717) is 19.5 Å². The summed E-state index contributed by atoms with van der Waals surface area (Å²) in [7, 11) is 0. The second-order valence-corrected chi connectivity index (χ2v) is 6.24. The first-order valence-electron chi connectivity index (χ1n) is 6.36. The van der Waals surface area contributed by atoms with Crippen LogP contribution in [0.4, 0.5) is 0 Å². The van der Waals surface area contributed by atoms with Crippen molar-refractivity contribution in [3.8, 4) is 0 Å². The molecule has 2 aliphatic rings. The molecule has 0 spiro atoms. The number of hydrogen-bond acceptors (Lipinski definition) is 3. The number of carbonyl (C=O) groups is 1. The summed E-state index contributed by atoms with van der Waals surface area (Å²) in [5, 5.41) is 9.98. The summed E-state index contributed by atoms with van der Waals surface area (Å²) in [4.78, 5) is 15.4. The third kappa shape index (κ3) is 1.84. The van der Waals surface area contributed by atoms with Crippen LogP contribution < -0.4 is 0 Å². The molecular formula is C14H17NO2S. The van der Waals surface area contributed by atoms with Crippen LogP contribution in [0, 0.1) is 0 Å². The largest absolute Gasteiger partial charge is 0.386 e. The van der Waals surface area contributed by atoms with Crippen molar-refractivity contribution in [2.24, 2.45) is 0 Å². The smallest absolute Gasteiger partial charge is 0.231 e. The molecule has 1 amide bonds. The second kappa shape index (κ2) is 4.28. The maximum atomic E-state index is 12.4. The quantitative estimate of drug-likeness (QED) is 0.885. The first-order chi connectivity index (χ1) is 8.63. The molecule has 0 saturated carbocycles. The molecule has 2 heterocycles. The third-order valence-electron chi connectivity index (χ3n) is 3.94. The van der Waals surface area contributed by atoms with E-state index in [0.717, 1.165) is 11.3 Å². The minimum Gasteiger partial charge on any atom is -0.386 e. The van der Waals surface area contributed by atoms with Gasteiger partial charge in [-0.15, -0.1) is 11.8 Å². The van der Waals surface area contributed by atoms with Crippen LogP contribution in [0.3, 0.4) is 0 Å².